The quantitative estimate of drug-likeness (QED) is 0.522. The molecule has 0 radical (unpaired) electrons. The number of nitrogens with one attached hydrogen (secondary N) is 1. The summed E-state index contributed by atoms with van der Waals surface area (Å²) in [5.41, 5.74) is 5.20. The van der Waals surface area contributed by atoms with Gasteiger partial charge in [-0.1, -0.05) is 52.4 Å². The molecule has 4 heteroatoms. The van der Waals surface area contributed by atoms with Gasteiger partial charge in [0.05, 0.1) is 0 Å². The molecule has 0 heterocycles. The lowest BCUT2D eigenvalue weighted by Gasteiger charge is -2.21. The van der Waals surface area contributed by atoms with Crippen molar-refractivity contribution in [3.63, 3.8) is 0 Å². The maximum absolute atomic E-state index is 8.80. The van der Waals surface area contributed by atoms with Gasteiger partial charge in [-0.2, -0.15) is 0 Å². The van der Waals surface area contributed by atoms with E-state index in [2.05, 4.69) is 19.2 Å². The normalized spacial score (nSPS) is 16.9. The molecule has 1 aliphatic rings. The van der Waals surface area contributed by atoms with Crippen LogP contribution < -0.4 is 11.1 Å². The second kappa shape index (κ2) is 16.6. The smallest absolute Gasteiger partial charge is 0.115 e. The molecule has 1 rings (SSSR count). The summed E-state index contributed by atoms with van der Waals surface area (Å²) < 4.78 is 0. The highest BCUT2D eigenvalue weighted by molar-refractivity contribution is 5.10. The van der Waals surface area contributed by atoms with Gasteiger partial charge in [-0.05, 0) is 18.9 Å². The van der Waals surface area contributed by atoms with Crippen LogP contribution in [0.5, 0.6) is 0 Å². The van der Waals surface area contributed by atoms with Crippen molar-refractivity contribution in [2.75, 3.05) is 13.1 Å². The van der Waals surface area contributed by atoms with Gasteiger partial charge in [0, 0.05) is 6.54 Å². The lowest BCUT2D eigenvalue weighted by Crippen LogP contribution is -2.34. The molecule has 110 valence electrons. The van der Waals surface area contributed by atoms with E-state index in [1.165, 1.54) is 44.9 Å². The van der Waals surface area contributed by atoms with Gasteiger partial charge in [0.2, 0.25) is 0 Å². The Hall–Kier alpha value is -0.450. The molecule has 1 aliphatic carbocycles. The molecule has 0 amide bonds. The highest BCUT2D eigenvalue weighted by Gasteiger charge is 2.12. The van der Waals surface area contributed by atoms with E-state index in [0.717, 1.165) is 12.5 Å². The third-order valence-corrected chi connectivity index (χ3v) is 2.81. The molecule has 18 heavy (non-hydrogen) atoms. The predicted molar refractivity (Wildman–Crippen MR) is 77.3 cm³/mol. The zero-order valence-corrected chi connectivity index (χ0v) is 12.2. The van der Waals surface area contributed by atoms with Crippen LogP contribution in [-0.2, 0) is 4.79 Å². The van der Waals surface area contributed by atoms with Gasteiger partial charge >= 0.3 is 0 Å². The highest BCUT2D eigenvalue weighted by atomic mass is 16.3. The summed E-state index contributed by atoms with van der Waals surface area (Å²) in [6.07, 6.45) is 8.82. The maximum atomic E-state index is 8.80. The number of aliphatic hydroxyl groups is 1. The summed E-state index contributed by atoms with van der Waals surface area (Å²) in [7, 11) is 0. The Balaban J connectivity index is 0. The molecule has 0 aromatic carbocycles. The third-order valence-electron chi connectivity index (χ3n) is 2.81. The van der Waals surface area contributed by atoms with Crippen molar-refractivity contribution in [3.05, 3.63) is 0 Å². The van der Waals surface area contributed by atoms with E-state index in [1.807, 2.05) is 6.79 Å². The van der Waals surface area contributed by atoms with Crippen molar-refractivity contribution in [2.24, 2.45) is 11.7 Å². The first-order valence-corrected chi connectivity index (χ1v) is 7.13. The largest absolute Gasteiger partial charge is 0.377 e. The molecule has 0 aliphatic heterocycles. The van der Waals surface area contributed by atoms with Crippen LogP contribution in [0, 0.1) is 5.92 Å². The minimum absolute atomic E-state index is 0.521. The summed E-state index contributed by atoms with van der Waals surface area (Å²) >= 11 is 0. The summed E-state index contributed by atoms with van der Waals surface area (Å²) in [5, 5.41) is 12.0. The third kappa shape index (κ3) is 15.6. The monoisotopic (exact) mass is 260 g/mol. The fraction of sp³-hybridized carbons (Fsp3) is 0.929. The second-order valence-electron chi connectivity index (χ2n) is 4.77. The van der Waals surface area contributed by atoms with Gasteiger partial charge < -0.3 is 21.0 Å². The van der Waals surface area contributed by atoms with Gasteiger partial charge in [0.1, 0.15) is 13.0 Å². The molecule has 4 nitrogen and oxygen atoms in total. The van der Waals surface area contributed by atoms with Crippen LogP contribution in [0.4, 0.5) is 0 Å². The molecule has 1 fully saturated rings. The SMILES string of the molecule is C=O.CCC.NC(O)CNCCC1CCCCC1. The number of nitrogens with two attached hydrogens (primary N) is 1. The maximum Gasteiger partial charge on any atom is 0.115 e. The van der Waals surface area contributed by atoms with Gasteiger partial charge in [0.15, 0.2) is 0 Å². The molecule has 1 saturated carbocycles. The lowest BCUT2D eigenvalue weighted by atomic mass is 9.87. The van der Waals surface area contributed by atoms with Gasteiger partial charge in [-0.25, -0.2) is 0 Å². The van der Waals surface area contributed by atoms with E-state index in [0.29, 0.717) is 6.54 Å². The molecular formula is C14H32N2O2. The molecule has 0 saturated heterocycles. The average Bonchev–Trinajstić information content (AvgIpc) is 2.39. The van der Waals surface area contributed by atoms with Crippen LogP contribution in [0.2, 0.25) is 0 Å². The van der Waals surface area contributed by atoms with Gasteiger partial charge in [-0.15, -0.1) is 0 Å². The number of hydrogen-bond acceptors (Lipinski definition) is 4. The van der Waals surface area contributed by atoms with Gasteiger partial charge in [0.25, 0.3) is 0 Å². The first-order valence-electron chi connectivity index (χ1n) is 7.13. The molecule has 1 unspecified atom stereocenters. The van der Waals surface area contributed by atoms with Crippen LogP contribution in [0.3, 0.4) is 0 Å². The van der Waals surface area contributed by atoms with Crippen LogP contribution >= 0.6 is 0 Å². The molecule has 0 aromatic rings. The average molecular weight is 260 g/mol. The summed E-state index contributed by atoms with van der Waals surface area (Å²) in [4.78, 5) is 8.00. The Labute approximate surface area is 112 Å². The number of carbonyl (C=O) groups is 1. The van der Waals surface area contributed by atoms with E-state index < -0.39 is 6.23 Å². The summed E-state index contributed by atoms with van der Waals surface area (Å²) in [6, 6.07) is 0. The van der Waals surface area contributed by atoms with Crippen molar-refractivity contribution in [1.29, 1.82) is 0 Å². The molecule has 0 aromatic heterocycles. The Bertz CT molecular complexity index is 149. The molecule has 4 N–H and O–H groups in total. The number of rotatable bonds is 5. The molecule has 1 atom stereocenters. The topological polar surface area (TPSA) is 75.4 Å². The van der Waals surface area contributed by atoms with E-state index in [9.17, 15) is 0 Å². The van der Waals surface area contributed by atoms with Crippen LogP contribution in [-0.4, -0.2) is 31.2 Å². The number of carbonyl (C=O) groups excluding carboxylic acids is 1. The predicted octanol–water partition coefficient (Wildman–Crippen LogP) is 2.05. The second-order valence-corrected chi connectivity index (χ2v) is 4.77. The van der Waals surface area contributed by atoms with Gasteiger partial charge in [-0.3, -0.25) is 0 Å². The van der Waals surface area contributed by atoms with Crippen LogP contribution in [0.1, 0.15) is 58.8 Å². The van der Waals surface area contributed by atoms with Crippen LogP contribution in [0.25, 0.3) is 0 Å². The molecule has 0 bridgehead atoms. The Morgan fingerprint density at radius 1 is 1.28 bits per heavy atom. The highest BCUT2D eigenvalue weighted by Crippen LogP contribution is 2.25. The van der Waals surface area contributed by atoms with E-state index in [1.54, 1.807) is 0 Å². The minimum Gasteiger partial charge on any atom is -0.377 e. The van der Waals surface area contributed by atoms with Crippen molar-refractivity contribution in [1.82, 2.24) is 5.32 Å². The van der Waals surface area contributed by atoms with Crippen molar-refractivity contribution >= 4 is 6.79 Å². The number of hydrogen-bond donors (Lipinski definition) is 3. The van der Waals surface area contributed by atoms with Crippen molar-refractivity contribution < 1.29 is 9.90 Å². The Morgan fingerprint density at radius 3 is 2.22 bits per heavy atom. The zero-order valence-electron chi connectivity index (χ0n) is 12.2. The first-order chi connectivity index (χ1) is 8.70. The zero-order chi connectivity index (χ0) is 14.2. The van der Waals surface area contributed by atoms with E-state index >= 15 is 0 Å². The number of aliphatic hydroxyl groups excluding tert-OH is 1. The fourth-order valence-corrected chi connectivity index (χ4v) is 2.03. The minimum atomic E-state index is -0.702. The Kier molecular flexibility index (Phi) is 18.3. The lowest BCUT2D eigenvalue weighted by molar-refractivity contribution is -0.0979. The van der Waals surface area contributed by atoms with Crippen molar-refractivity contribution in [2.45, 2.75) is 65.0 Å². The molecule has 0 spiro atoms. The van der Waals surface area contributed by atoms with Crippen LogP contribution in [0.15, 0.2) is 0 Å². The fourth-order valence-electron chi connectivity index (χ4n) is 2.03. The van der Waals surface area contributed by atoms with E-state index in [-0.39, 0.29) is 0 Å². The first kappa shape index (κ1) is 19.9. The van der Waals surface area contributed by atoms with E-state index in [4.69, 9.17) is 15.6 Å². The molecular weight excluding hydrogens is 228 g/mol. The van der Waals surface area contributed by atoms with Crippen molar-refractivity contribution in [3.8, 4) is 0 Å². The summed E-state index contributed by atoms with van der Waals surface area (Å²) in [6.45, 7) is 7.77. The standard InChI is InChI=1S/C10H22N2O.C3H8.CH2O/c11-10(13)8-12-7-6-9-4-2-1-3-5-9;1-3-2;1-2/h9-10,12-13H,1-8,11H2;3H2,1-2H3;1H2. The Morgan fingerprint density at radius 2 is 1.78 bits per heavy atom. The summed E-state index contributed by atoms with van der Waals surface area (Å²) in [5.74, 6) is 0.913.